The molecule has 5 nitrogen and oxygen atoms in total. The summed E-state index contributed by atoms with van der Waals surface area (Å²) in [6.45, 7) is -0.736. The van der Waals surface area contributed by atoms with E-state index in [4.69, 9.17) is 0 Å². The van der Waals surface area contributed by atoms with Gasteiger partial charge in [-0.2, -0.15) is 13.2 Å². The molecule has 0 bridgehead atoms. The summed E-state index contributed by atoms with van der Waals surface area (Å²) in [4.78, 5) is 33.2. The second-order valence-electron chi connectivity index (χ2n) is 4.38. The van der Waals surface area contributed by atoms with E-state index in [1.807, 2.05) is 0 Å². The van der Waals surface area contributed by atoms with Gasteiger partial charge in [0.2, 0.25) is 0 Å². The molecule has 0 radical (unpaired) electrons. The van der Waals surface area contributed by atoms with Crippen LogP contribution in [0, 0.1) is 0 Å². The van der Waals surface area contributed by atoms with Crippen molar-refractivity contribution in [1.82, 2.24) is 5.32 Å². The molecule has 1 amide bonds. The lowest BCUT2D eigenvalue weighted by atomic mass is 10.0. The van der Waals surface area contributed by atoms with Crippen molar-refractivity contribution >= 4 is 17.7 Å². The fourth-order valence-corrected chi connectivity index (χ4v) is 1.57. The van der Waals surface area contributed by atoms with Gasteiger partial charge in [-0.05, 0) is 12.0 Å². The van der Waals surface area contributed by atoms with Crippen molar-refractivity contribution in [3.05, 3.63) is 35.4 Å². The van der Waals surface area contributed by atoms with Crippen LogP contribution in [-0.4, -0.2) is 37.5 Å². The standard InChI is InChI=1S/C14H14F3NO4/c1-22-12(20)7-4-9-2-5-10(6-3-9)11(19)8-18-13(21)14(15,16)17/h2-3,5-6H,4,7-8H2,1H3,(H,18,21). The molecule has 0 spiro atoms. The summed E-state index contributed by atoms with van der Waals surface area (Å²) in [5, 5.41) is 1.51. The fraction of sp³-hybridized carbons (Fsp3) is 0.357. The van der Waals surface area contributed by atoms with Crippen LogP contribution in [0.3, 0.4) is 0 Å². The van der Waals surface area contributed by atoms with Crippen LogP contribution in [0.2, 0.25) is 0 Å². The van der Waals surface area contributed by atoms with E-state index in [-0.39, 0.29) is 18.0 Å². The molecule has 0 heterocycles. The Morgan fingerprint density at radius 3 is 2.23 bits per heavy atom. The van der Waals surface area contributed by atoms with Gasteiger partial charge in [-0.3, -0.25) is 14.4 Å². The Kier molecular flexibility index (Phi) is 6.09. The van der Waals surface area contributed by atoms with E-state index >= 15 is 0 Å². The zero-order valence-corrected chi connectivity index (χ0v) is 11.7. The summed E-state index contributed by atoms with van der Waals surface area (Å²) in [5.41, 5.74) is 0.950. The van der Waals surface area contributed by atoms with E-state index in [0.29, 0.717) is 6.42 Å². The second-order valence-corrected chi connectivity index (χ2v) is 4.38. The number of halogens is 3. The fourth-order valence-electron chi connectivity index (χ4n) is 1.57. The zero-order valence-electron chi connectivity index (χ0n) is 11.7. The highest BCUT2D eigenvalue weighted by atomic mass is 19.4. The molecule has 1 aromatic carbocycles. The highest BCUT2D eigenvalue weighted by molar-refractivity contribution is 5.99. The molecule has 0 aliphatic heterocycles. The van der Waals surface area contributed by atoms with Crippen molar-refractivity contribution in [3.8, 4) is 0 Å². The molecule has 0 fully saturated rings. The number of hydrogen-bond acceptors (Lipinski definition) is 4. The molecule has 1 N–H and O–H groups in total. The number of carbonyl (C=O) groups excluding carboxylic acids is 3. The largest absolute Gasteiger partial charge is 0.471 e. The van der Waals surface area contributed by atoms with Gasteiger partial charge >= 0.3 is 18.1 Å². The number of alkyl halides is 3. The molecule has 120 valence electrons. The number of aryl methyl sites for hydroxylation is 1. The average molecular weight is 317 g/mol. The lowest BCUT2D eigenvalue weighted by molar-refractivity contribution is -0.173. The first-order valence-electron chi connectivity index (χ1n) is 6.28. The molecule has 1 rings (SSSR count). The molecular formula is C14H14F3NO4. The molecule has 0 aliphatic carbocycles. The van der Waals surface area contributed by atoms with Crippen LogP contribution in [0.25, 0.3) is 0 Å². The molecule has 0 aliphatic rings. The third kappa shape index (κ3) is 5.55. The molecule has 0 unspecified atom stereocenters. The molecule has 1 aromatic rings. The van der Waals surface area contributed by atoms with Gasteiger partial charge in [-0.25, -0.2) is 0 Å². The first-order chi connectivity index (χ1) is 10.2. The molecule has 22 heavy (non-hydrogen) atoms. The highest BCUT2D eigenvalue weighted by Gasteiger charge is 2.38. The predicted molar refractivity (Wildman–Crippen MR) is 70.2 cm³/mol. The average Bonchev–Trinajstić information content (AvgIpc) is 2.49. The monoisotopic (exact) mass is 317 g/mol. The number of ether oxygens (including phenoxy) is 1. The minimum atomic E-state index is -5.02. The van der Waals surface area contributed by atoms with E-state index in [9.17, 15) is 27.6 Å². The van der Waals surface area contributed by atoms with Crippen LogP contribution in [-0.2, 0) is 20.7 Å². The first kappa shape index (κ1) is 17.7. The van der Waals surface area contributed by atoms with Crippen molar-refractivity contribution < 1.29 is 32.3 Å². The topological polar surface area (TPSA) is 72.5 Å². The maximum atomic E-state index is 12.0. The molecule has 0 saturated carbocycles. The van der Waals surface area contributed by atoms with Gasteiger partial charge in [0.15, 0.2) is 5.78 Å². The number of Topliss-reactive ketones (excluding diaryl/α,β-unsaturated/α-hetero) is 1. The Bertz CT molecular complexity index is 552. The van der Waals surface area contributed by atoms with Crippen LogP contribution >= 0.6 is 0 Å². The van der Waals surface area contributed by atoms with Crippen molar-refractivity contribution in [3.63, 3.8) is 0 Å². The zero-order chi connectivity index (χ0) is 16.8. The number of ketones is 1. The molecule has 0 saturated heterocycles. The van der Waals surface area contributed by atoms with Crippen LogP contribution in [0.4, 0.5) is 13.2 Å². The van der Waals surface area contributed by atoms with Crippen LogP contribution < -0.4 is 5.32 Å². The van der Waals surface area contributed by atoms with Gasteiger partial charge < -0.3 is 10.1 Å². The number of nitrogens with one attached hydrogen (secondary N) is 1. The molecule has 0 aromatic heterocycles. The summed E-state index contributed by atoms with van der Waals surface area (Å²) in [5.74, 6) is -3.16. The maximum Gasteiger partial charge on any atom is 0.471 e. The van der Waals surface area contributed by atoms with E-state index in [1.165, 1.54) is 24.6 Å². The summed E-state index contributed by atoms with van der Waals surface area (Å²) < 4.78 is 40.4. The van der Waals surface area contributed by atoms with Gasteiger partial charge in [-0.1, -0.05) is 24.3 Å². The van der Waals surface area contributed by atoms with Crippen molar-refractivity contribution in [2.75, 3.05) is 13.7 Å². The lowest BCUT2D eigenvalue weighted by Crippen LogP contribution is -2.39. The Hall–Kier alpha value is -2.38. The maximum absolute atomic E-state index is 12.0. The summed E-state index contributed by atoms with van der Waals surface area (Å²) in [6.07, 6.45) is -4.41. The normalized spacial score (nSPS) is 10.9. The summed E-state index contributed by atoms with van der Waals surface area (Å²) in [7, 11) is 1.28. The van der Waals surface area contributed by atoms with Gasteiger partial charge in [0.1, 0.15) is 0 Å². The molecular weight excluding hydrogens is 303 g/mol. The van der Waals surface area contributed by atoms with Gasteiger partial charge in [0.05, 0.1) is 13.7 Å². The van der Waals surface area contributed by atoms with E-state index in [1.54, 1.807) is 12.1 Å². The highest BCUT2D eigenvalue weighted by Crippen LogP contribution is 2.14. The van der Waals surface area contributed by atoms with Crippen molar-refractivity contribution in [1.29, 1.82) is 0 Å². The number of rotatable bonds is 6. The Morgan fingerprint density at radius 2 is 1.73 bits per heavy atom. The lowest BCUT2D eigenvalue weighted by Gasteiger charge is -2.07. The van der Waals surface area contributed by atoms with E-state index < -0.39 is 24.4 Å². The van der Waals surface area contributed by atoms with Crippen LogP contribution in [0.5, 0.6) is 0 Å². The van der Waals surface area contributed by atoms with Gasteiger partial charge in [-0.15, -0.1) is 0 Å². The Balaban J connectivity index is 2.54. The first-order valence-corrected chi connectivity index (χ1v) is 6.28. The van der Waals surface area contributed by atoms with Gasteiger partial charge in [0.25, 0.3) is 0 Å². The van der Waals surface area contributed by atoms with E-state index in [2.05, 4.69) is 4.74 Å². The van der Waals surface area contributed by atoms with Crippen molar-refractivity contribution in [2.24, 2.45) is 0 Å². The number of carbonyl (C=O) groups is 3. The van der Waals surface area contributed by atoms with E-state index in [0.717, 1.165) is 5.56 Å². The predicted octanol–water partition coefficient (Wildman–Crippen LogP) is 1.65. The number of amides is 1. The molecule has 8 heteroatoms. The van der Waals surface area contributed by atoms with Crippen molar-refractivity contribution in [2.45, 2.75) is 19.0 Å². The summed E-state index contributed by atoms with van der Waals surface area (Å²) in [6, 6.07) is 6.02. The Morgan fingerprint density at radius 1 is 1.14 bits per heavy atom. The van der Waals surface area contributed by atoms with Crippen LogP contribution in [0.15, 0.2) is 24.3 Å². The minimum Gasteiger partial charge on any atom is -0.469 e. The second kappa shape index (κ2) is 7.58. The number of methoxy groups -OCH3 is 1. The van der Waals surface area contributed by atoms with Crippen LogP contribution in [0.1, 0.15) is 22.3 Å². The number of hydrogen-bond donors (Lipinski definition) is 1. The third-order valence-corrected chi connectivity index (χ3v) is 2.79. The number of benzene rings is 1. The SMILES string of the molecule is COC(=O)CCc1ccc(C(=O)CNC(=O)C(F)(F)F)cc1. The Labute approximate surface area is 124 Å². The third-order valence-electron chi connectivity index (χ3n) is 2.79. The van der Waals surface area contributed by atoms with Gasteiger partial charge in [0, 0.05) is 12.0 Å². The molecule has 0 atom stereocenters. The quantitative estimate of drug-likeness (QED) is 0.640. The minimum absolute atomic E-state index is 0.171. The summed E-state index contributed by atoms with van der Waals surface area (Å²) >= 11 is 0. The smallest absolute Gasteiger partial charge is 0.469 e. The number of esters is 1.